The molecule has 0 unspecified atom stereocenters. The van der Waals surface area contributed by atoms with Gasteiger partial charge in [0.25, 0.3) is 0 Å². The van der Waals surface area contributed by atoms with E-state index in [1.165, 1.54) is 16.7 Å². The first-order valence-electron chi connectivity index (χ1n) is 7.53. The van der Waals surface area contributed by atoms with Gasteiger partial charge in [-0.15, -0.1) is 12.4 Å². The number of rotatable bonds is 7. The highest BCUT2D eigenvalue weighted by molar-refractivity contribution is 5.85. The highest BCUT2D eigenvalue weighted by Crippen LogP contribution is 2.24. The molecule has 0 aliphatic rings. The van der Waals surface area contributed by atoms with Crippen molar-refractivity contribution in [3.8, 4) is 0 Å². The van der Waals surface area contributed by atoms with Gasteiger partial charge in [-0.25, -0.2) is 0 Å². The summed E-state index contributed by atoms with van der Waals surface area (Å²) in [4.78, 5) is 12.3. The molecule has 1 aromatic rings. The summed E-state index contributed by atoms with van der Waals surface area (Å²) in [5, 5.41) is 3.05. The summed E-state index contributed by atoms with van der Waals surface area (Å²) in [5.41, 5.74) is 9.25. The van der Waals surface area contributed by atoms with Crippen LogP contribution in [0.25, 0.3) is 0 Å². The van der Waals surface area contributed by atoms with Gasteiger partial charge in [0, 0.05) is 13.1 Å². The quantitative estimate of drug-likeness (QED) is 0.812. The topological polar surface area (TPSA) is 55.1 Å². The second kappa shape index (κ2) is 9.06. The molecule has 0 saturated carbocycles. The minimum absolute atomic E-state index is 0. The van der Waals surface area contributed by atoms with Crippen LogP contribution >= 0.6 is 12.4 Å². The van der Waals surface area contributed by atoms with Crippen LogP contribution in [-0.4, -0.2) is 19.0 Å². The Bertz CT molecular complexity index is 448. The largest absolute Gasteiger partial charge is 0.355 e. The fourth-order valence-electron chi connectivity index (χ4n) is 2.58. The standard InChI is InChI=1S/C17H28N2O.ClH/c1-5-17(6-2,12-18)16(20)19-10-9-15-8-7-13(3)11-14(15)4;/h7-8,11H,5-6,9-10,12,18H2,1-4H3,(H,19,20);1H. The van der Waals surface area contributed by atoms with Crippen LogP contribution in [0.1, 0.15) is 43.4 Å². The summed E-state index contributed by atoms with van der Waals surface area (Å²) in [7, 11) is 0. The zero-order chi connectivity index (χ0) is 15.2. The smallest absolute Gasteiger partial charge is 0.227 e. The molecule has 0 fully saturated rings. The summed E-state index contributed by atoms with van der Waals surface area (Å²) in [6.45, 7) is 9.35. The van der Waals surface area contributed by atoms with Crippen molar-refractivity contribution in [3.05, 3.63) is 34.9 Å². The van der Waals surface area contributed by atoms with Crippen molar-refractivity contribution in [1.29, 1.82) is 0 Å². The van der Waals surface area contributed by atoms with Gasteiger partial charge in [-0.1, -0.05) is 37.6 Å². The summed E-state index contributed by atoms with van der Waals surface area (Å²) >= 11 is 0. The van der Waals surface area contributed by atoms with Gasteiger partial charge < -0.3 is 11.1 Å². The lowest BCUT2D eigenvalue weighted by molar-refractivity contribution is -0.131. The lowest BCUT2D eigenvalue weighted by atomic mass is 9.81. The van der Waals surface area contributed by atoms with Crippen molar-refractivity contribution >= 4 is 18.3 Å². The van der Waals surface area contributed by atoms with E-state index in [0.29, 0.717) is 13.1 Å². The summed E-state index contributed by atoms with van der Waals surface area (Å²) < 4.78 is 0. The maximum Gasteiger partial charge on any atom is 0.227 e. The lowest BCUT2D eigenvalue weighted by Crippen LogP contribution is -2.45. The first-order valence-corrected chi connectivity index (χ1v) is 7.53. The molecule has 0 aliphatic heterocycles. The number of carbonyl (C=O) groups excluding carboxylic acids is 1. The molecule has 0 aliphatic carbocycles. The van der Waals surface area contributed by atoms with Crippen LogP contribution in [0.15, 0.2) is 18.2 Å². The fourth-order valence-corrected chi connectivity index (χ4v) is 2.58. The van der Waals surface area contributed by atoms with Crippen LogP contribution in [-0.2, 0) is 11.2 Å². The molecule has 1 aromatic carbocycles. The fraction of sp³-hybridized carbons (Fsp3) is 0.588. The average molecular weight is 313 g/mol. The van der Waals surface area contributed by atoms with E-state index in [9.17, 15) is 4.79 Å². The number of benzene rings is 1. The molecule has 3 nitrogen and oxygen atoms in total. The predicted molar refractivity (Wildman–Crippen MR) is 91.9 cm³/mol. The van der Waals surface area contributed by atoms with Gasteiger partial charge in [-0.05, 0) is 44.2 Å². The molecule has 0 heterocycles. The molecule has 21 heavy (non-hydrogen) atoms. The molecule has 1 amide bonds. The zero-order valence-electron chi connectivity index (χ0n) is 13.7. The second-order valence-corrected chi connectivity index (χ2v) is 5.63. The lowest BCUT2D eigenvalue weighted by Gasteiger charge is -2.28. The van der Waals surface area contributed by atoms with Crippen molar-refractivity contribution in [2.45, 2.75) is 47.0 Å². The summed E-state index contributed by atoms with van der Waals surface area (Å²) in [6, 6.07) is 6.44. The van der Waals surface area contributed by atoms with Gasteiger partial charge in [-0.2, -0.15) is 0 Å². The van der Waals surface area contributed by atoms with Crippen LogP contribution in [0.5, 0.6) is 0 Å². The van der Waals surface area contributed by atoms with Crippen LogP contribution in [0, 0.1) is 19.3 Å². The van der Waals surface area contributed by atoms with Crippen molar-refractivity contribution in [2.75, 3.05) is 13.1 Å². The SMILES string of the molecule is CCC(CC)(CN)C(=O)NCCc1ccc(C)cc1C.Cl. The van der Waals surface area contributed by atoms with E-state index in [-0.39, 0.29) is 18.3 Å². The van der Waals surface area contributed by atoms with E-state index in [1.807, 2.05) is 13.8 Å². The first kappa shape index (κ1) is 19.9. The van der Waals surface area contributed by atoms with Crippen LogP contribution in [0.4, 0.5) is 0 Å². The number of halogens is 1. The molecule has 3 N–H and O–H groups in total. The zero-order valence-corrected chi connectivity index (χ0v) is 14.5. The van der Waals surface area contributed by atoms with Gasteiger partial charge in [0.05, 0.1) is 5.41 Å². The van der Waals surface area contributed by atoms with Gasteiger partial charge in [0.15, 0.2) is 0 Å². The number of carbonyl (C=O) groups is 1. The Balaban J connectivity index is 0.00000400. The Morgan fingerprint density at radius 2 is 1.86 bits per heavy atom. The van der Waals surface area contributed by atoms with E-state index >= 15 is 0 Å². The first-order chi connectivity index (χ1) is 9.49. The molecule has 0 saturated heterocycles. The van der Waals surface area contributed by atoms with Crippen LogP contribution in [0.2, 0.25) is 0 Å². The third kappa shape index (κ3) is 5.01. The summed E-state index contributed by atoms with van der Waals surface area (Å²) in [5.74, 6) is 0.0924. The second-order valence-electron chi connectivity index (χ2n) is 5.63. The number of hydrogen-bond acceptors (Lipinski definition) is 2. The Morgan fingerprint density at radius 1 is 1.24 bits per heavy atom. The van der Waals surface area contributed by atoms with Crippen molar-refractivity contribution in [3.63, 3.8) is 0 Å². The van der Waals surface area contributed by atoms with E-state index in [1.54, 1.807) is 0 Å². The Morgan fingerprint density at radius 3 is 2.33 bits per heavy atom. The molecular weight excluding hydrogens is 284 g/mol. The van der Waals surface area contributed by atoms with E-state index in [2.05, 4.69) is 37.4 Å². The monoisotopic (exact) mass is 312 g/mol. The number of aryl methyl sites for hydroxylation is 2. The summed E-state index contributed by atoms with van der Waals surface area (Å²) in [6.07, 6.45) is 2.44. The van der Waals surface area contributed by atoms with E-state index in [0.717, 1.165) is 19.3 Å². The van der Waals surface area contributed by atoms with Crippen molar-refractivity contribution in [2.24, 2.45) is 11.1 Å². The highest BCUT2D eigenvalue weighted by Gasteiger charge is 2.32. The molecule has 0 spiro atoms. The minimum atomic E-state index is -0.400. The molecule has 4 heteroatoms. The van der Waals surface area contributed by atoms with E-state index < -0.39 is 5.41 Å². The number of amides is 1. The van der Waals surface area contributed by atoms with E-state index in [4.69, 9.17) is 5.73 Å². The maximum atomic E-state index is 12.3. The molecule has 0 radical (unpaired) electrons. The molecule has 0 atom stereocenters. The number of nitrogens with two attached hydrogens (primary N) is 1. The molecule has 0 bridgehead atoms. The van der Waals surface area contributed by atoms with Gasteiger partial charge in [-0.3, -0.25) is 4.79 Å². The normalized spacial score (nSPS) is 10.9. The predicted octanol–water partition coefficient (Wildman–Crippen LogP) is 3.15. The third-order valence-corrected chi connectivity index (χ3v) is 4.40. The maximum absolute atomic E-state index is 12.3. The number of hydrogen-bond donors (Lipinski definition) is 2. The van der Waals surface area contributed by atoms with Crippen LogP contribution < -0.4 is 11.1 Å². The van der Waals surface area contributed by atoms with Gasteiger partial charge >= 0.3 is 0 Å². The Hall–Kier alpha value is -1.06. The molecular formula is C17H29ClN2O. The Labute approximate surface area is 135 Å². The third-order valence-electron chi connectivity index (χ3n) is 4.40. The Kier molecular flexibility index (Phi) is 8.60. The van der Waals surface area contributed by atoms with Crippen molar-refractivity contribution in [1.82, 2.24) is 5.32 Å². The van der Waals surface area contributed by atoms with Gasteiger partial charge in [0.2, 0.25) is 5.91 Å². The number of nitrogens with one attached hydrogen (secondary N) is 1. The van der Waals surface area contributed by atoms with Crippen LogP contribution in [0.3, 0.4) is 0 Å². The molecule has 1 rings (SSSR count). The highest BCUT2D eigenvalue weighted by atomic mass is 35.5. The molecule has 0 aromatic heterocycles. The average Bonchev–Trinajstić information content (AvgIpc) is 2.44. The van der Waals surface area contributed by atoms with Gasteiger partial charge in [0.1, 0.15) is 0 Å². The molecule has 120 valence electrons. The minimum Gasteiger partial charge on any atom is -0.355 e. The van der Waals surface area contributed by atoms with Crippen molar-refractivity contribution < 1.29 is 4.79 Å².